The molecule has 0 fully saturated rings. The zero-order valence-corrected chi connectivity index (χ0v) is 16.7. The van der Waals surface area contributed by atoms with Gasteiger partial charge in [-0.25, -0.2) is 0 Å². The Morgan fingerprint density at radius 1 is 1.11 bits per heavy atom. The number of likely N-dealkylation sites (N-methyl/N-ethyl adjacent to an activating group) is 1. The Labute approximate surface area is 164 Å². The molecule has 2 heteroatoms. The number of rotatable bonds is 11. The molecule has 142 valence electrons. The van der Waals surface area contributed by atoms with Crippen molar-refractivity contribution in [2.24, 2.45) is 0 Å². The molecule has 0 heterocycles. The minimum atomic E-state index is 0.336. The second-order valence-corrected chi connectivity index (χ2v) is 7.06. The van der Waals surface area contributed by atoms with Gasteiger partial charge in [-0.2, -0.15) is 0 Å². The molecule has 0 saturated carbocycles. The molecule has 2 aromatic carbocycles. The monoisotopic (exact) mass is 360 g/mol. The maximum atomic E-state index is 4.20. The fraction of sp³-hybridized carbons (Fsp3) is 0.280. The maximum absolute atomic E-state index is 4.20. The first-order chi connectivity index (χ1) is 13.1. The Morgan fingerprint density at radius 2 is 1.85 bits per heavy atom. The van der Waals surface area contributed by atoms with Gasteiger partial charge in [0.2, 0.25) is 0 Å². The van der Waals surface area contributed by atoms with Crippen LogP contribution in [-0.4, -0.2) is 18.0 Å². The van der Waals surface area contributed by atoms with Gasteiger partial charge in [0, 0.05) is 24.8 Å². The van der Waals surface area contributed by atoms with Crippen molar-refractivity contribution in [3.63, 3.8) is 0 Å². The average molecular weight is 361 g/mol. The van der Waals surface area contributed by atoms with Crippen LogP contribution in [0.1, 0.15) is 36.5 Å². The van der Waals surface area contributed by atoms with Crippen molar-refractivity contribution in [3.05, 3.63) is 96.6 Å². The van der Waals surface area contributed by atoms with E-state index in [1.54, 1.807) is 0 Å². The van der Waals surface area contributed by atoms with Crippen LogP contribution in [0.15, 0.2) is 79.9 Å². The molecule has 1 atom stereocenters. The van der Waals surface area contributed by atoms with E-state index in [9.17, 15) is 0 Å². The lowest BCUT2D eigenvalue weighted by Crippen LogP contribution is -2.32. The molecular weight excluding hydrogens is 328 g/mol. The lowest BCUT2D eigenvalue weighted by molar-refractivity contribution is 0.253. The zero-order chi connectivity index (χ0) is 19.6. The smallest absolute Gasteiger partial charge is 0.0400 e. The van der Waals surface area contributed by atoms with Crippen LogP contribution >= 0.6 is 0 Å². The second kappa shape index (κ2) is 10.5. The molecule has 27 heavy (non-hydrogen) atoms. The van der Waals surface area contributed by atoms with Crippen LogP contribution in [0.25, 0.3) is 6.08 Å². The van der Waals surface area contributed by atoms with Gasteiger partial charge in [0.1, 0.15) is 0 Å². The number of nitrogens with zero attached hydrogens (tertiary/aromatic N) is 1. The Bertz CT molecular complexity index is 761. The molecule has 0 spiro atoms. The molecule has 1 unspecified atom stereocenters. The van der Waals surface area contributed by atoms with E-state index in [0.717, 1.165) is 31.6 Å². The Morgan fingerprint density at radius 3 is 2.48 bits per heavy atom. The molecule has 0 aliphatic rings. The average Bonchev–Trinajstić information content (AvgIpc) is 2.68. The molecule has 0 bridgehead atoms. The third-order valence-electron chi connectivity index (χ3n) is 4.91. The van der Waals surface area contributed by atoms with Crippen LogP contribution in [0.2, 0.25) is 0 Å². The highest BCUT2D eigenvalue weighted by Crippen LogP contribution is 2.26. The summed E-state index contributed by atoms with van der Waals surface area (Å²) in [5, 5.41) is 3.61. The Hall–Kier alpha value is -2.58. The first kappa shape index (κ1) is 20.7. The standard InChI is InChI=1S/C25H32N2/c1-6-8-17-25(20(3)4)27(5)19-23-22(7-2)15-12-16-24(23)26-18-21-13-10-9-11-14-21/h6-7,9-16,25-26H,1-3,8,17-19H2,4-5H3. The van der Waals surface area contributed by atoms with Gasteiger partial charge in [-0.3, -0.25) is 4.90 Å². The van der Waals surface area contributed by atoms with Crippen molar-refractivity contribution in [3.8, 4) is 0 Å². The summed E-state index contributed by atoms with van der Waals surface area (Å²) < 4.78 is 0. The quantitative estimate of drug-likeness (QED) is 0.474. The number of allylic oxidation sites excluding steroid dienone is 1. The van der Waals surface area contributed by atoms with Crippen molar-refractivity contribution >= 4 is 11.8 Å². The summed E-state index contributed by atoms with van der Waals surface area (Å²) in [6.45, 7) is 15.8. The Kier molecular flexibility index (Phi) is 8.09. The van der Waals surface area contributed by atoms with Crippen LogP contribution in [0.4, 0.5) is 5.69 Å². The molecule has 0 aliphatic heterocycles. The third kappa shape index (κ3) is 5.97. The van der Waals surface area contributed by atoms with E-state index in [2.05, 4.69) is 86.4 Å². The van der Waals surface area contributed by atoms with Gasteiger partial charge in [-0.05, 0) is 49.6 Å². The van der Waals surface area contributed by atoms with Crippen LogP contribution < -0.4 is 5.32 Å². The second-order valence-electron chi connectivity index (χ2n) is 7.06. The SMILES string of the molecule is C=CCCC(C(=C)C)N(C)Cc1c(C=C)cccc1NCc1ccccc1. The summed E-state index contributed by atoms with van der Waals surface area (Å²) in [6, 6.07) is 17.2. The largest absolute Gasteiger partial charge is 0.381 e. The summed E-state index contributed by atoms with van der Waals surface area (Å²) in [7, 11) is 2.17. The maximum Gasteiger partial charge on any atom is 0.0400 e. The van der Waals surface area contributed by atoms with E-state index in [0.29, 0.717) is 6.04 Å². The minimum absolute atomic E-state index is 0.336. The molecule has 1 N–H and O–H groups in total. The number of hydrogen-bond acceptors (Lipinski definition) is 2. The fourth-order valence-corrected chi connectivity index (χ4v) is 3.41. The summed E-state index contributed by atoms with van der Waals surface area (Å²) >= 11 is 0. The number of benzene rings is 2. The van der Waals surface area contributed by atoms with E-state index in [1.807, 2.05) is 18.2 Å². The zero-order valence-electron chi connectivity index (χ0n) is 16.7. The third-order valence-corrected chi connectivity index (χ3v) is 4.91. The van der Waals surface area contributed by atoms with Crippen LogP contribution in [0.3, 0.4) is 0 Å². The van der Waals surface area contributed by atoms with E-state index in [1.165, 1.54) is 22.3 Å². The molecule has 2 aromatic rings. The lowest BCUT2D eigenvalue weighted by atomic mass is 10.00. The first-order valence-corrected chi connectivity index (χ1v) is 9.55. The van der Waals surface area contributed by atoms with Gasteiger partial charge in [0.15, 0.2) is 0 Å². The normalized spacial score (nSPS) is 11.8. The summed E-state index contributed by atoms with van der Waals surface area (Å²) in [5.74, 6) is 0. The topological polar surface area (TPSA) is 15.3 Å². The molecule has 0 radical (unpaired) electrons. The number of nitrogens with one attached hydrogen (secondary N) is 1. The van der Waals surface area contributed by atoms with Crippen molar-refractivity contribution in [2.75, 3.05) is 12.4 Å². The van der Waals surface area contributed by atoms with Gasteiger partial charge in [0.25, 0.3) is 0 Å². The van der Waals surface area contributed by atoms with Crippen molar-refractivity contribution < 1.29 is 0 Å². The highest BCUT2D eigenvalue weighted by atomic mass is 15.1. The number of hydrogen-bond donors (Lipinski definition) is 1. The molecule has 0 aliphatic carbocycles. The van der Waals surface area contributed by atoms with Gasteiger partial charge in [-0.15, -0.1) is 6.58 Å². The molecule has 0 amide bonds. The van der Waals surface area contributed by atoms with Crippen LogP contribution in [0.5, 0.6) is 0 Å². The van der Waals surface area contributed by atoms with E-state index < -0.39 is 0 Å². The predicted molar refractivity (Wildman–Crippen MR) is 120 cm³/mol. The van der Waals surface area contributed by atoms with E-state index >= 15 is 0 Å². The molecule has 0 saturated heterocycles. The van der Waals surface area contributed by atoms with Crippen molar-refractivity contribution in [1.82, 2.24) is 4.90 Å². The fourth-order valence-electron chi connectivity index (χ4n) is 3.41. The van der Waals surface area contributed by atoms with E-state index in [4.69, 9.17) is 0 Å². The Balaban J connectivity index is 2.21. The molecule has 0 aromatic heterocycles. The van der Waals surface area contributed by atoms with Crippen LogP contribution in [-0.2, 0) is 13.1 Å². The predicted octanol–water partition coefficient (Wildman–Crippen LogP) is 6.28. The van der Waals surface area contributed by atoms with Crippen LogP contribution in [0, 0.1) is 0 Å². The van der Waals surface area contributed by atoms with Crippen molar-refractivity contribution in [2.45, 2.75) is 38.9 Å². The highest BCUT2D eigenvalue weighted by Gasteiger charge is 2.17. The van der Waals surface area contributed by atoms with Gasteiger partial charge < -0.3 is 5.32 Å². The molecular formula is C25H32N2. The molecule has 2 nitrogen and oxygen atoms in total. The van der Waals surface area contributed by atoms with Gasteiger partial charge in [-0.1, -0.05) is 73.3 Å². The lowest BCUT2D eigenvalue weighted by Gasteiger charge is -2.30. The van der Waals surface area contributed by atoms with Gasteiger partial charge in [0.05, 0.1) is 0 Å². The molecule has 2 rings (SSSR count). The minimum Gasteiger partial charge on any atom is -0.381 e. The van der Waals surface area contributed by atoms with Crippen molar-refractivity contribution in [1.29, 1.82) is 0 Å². The summed E-state index contributed by atoms with van der Waals surface area (Å²) in [4.78, 5) is 2.38. The van der Waals surface area contributed by atoms with Gasteiger partial charge >= 0.3 is 0 Å². The summed E-state index contributed by atoms with van der Waals surface area (Å²) in [6.07, 6.45) is 5.95. The first-order valence-electron chi connectivity index (χ1n) is 9.55. The summed E-state index contributed by atoms with van der Waals surface area (Å²) in [5.41, 5.74) is 6.06. The number of anilines is 1. The highest BCUT2D eigenvalue weighted by molar-refractivity contribution is 5.64. The van der Waals surface area contributed by atoms with E-state index in [-0.39, 0.29) is 0 Å².